The molecule has 25 heavy (non-hydrogen) atoms. The number of hydrogen-bond donors (Lipinski definition) is 2. The number of ether oxygens (including phenoxy) is 1. The smallest absolute Gasteiger partial charge is 0.335 e. The Labute approximate surface area is 146 Å². The topological polar surface area (TPSA) is 83.8 Å². The Morgan fingerprint density at radius 2 is 1.72 bits per heavy atom. The first-order valence-electron chi connectivity index (χ1n) is 8.24. The molecule has 5 heteroatoms. The van der Waals surface area contributed by atoms with Crippen molar-refractivity contribution in [3.05, 3.63) is 58.7 Å². The zero-order valence-corrected chi connectivity index (χ0v) is 14.4. The van der Waals surface area contributed by atoms with Crippen molar-refractivity contribution in [3.8, 4) is 11.5 Å². The van der Waals surface area contributed by atoms with E-state index in [2.05, 4.69) is 0 Å². The van der Waals surface area contributed by atoms with Gasteiger partial charge in [-0.2, -0.15) is 0 Å². The summed E-state index contributed by atoms with van der Waals surface area (Å²) in [5.74, 6) is -0.558. The van der Waals surface area contributed by atoms with Crippen LogP contribution in [-0.2, 0) is 12.8 Å². The number of Topliss-reactive ketones (excluding diaryl/α,β-unsaturated/α-hetero) is 1. The fourth-order valence-electron chi connectivity index (χ4n) is 2.62. The third-order valence-corrected chi connectivity index (χ3v) is 3.97. The number of aromatic hydroxyl groups is 1. The minimum Gasteiger partial charge on any atom is -0.507 e. The normalized spacial score (nSPS) is 10.5. The van der Waals surface area contributed by atoms with Gasteiger partial charge in [-0.15, -0.1) is 0 Å². The van der Waals surface area contributed by atoms with Crippen molar-refractivity contribution in [2.75, 3.05) is 6.61 Å². The summed E-state index contributed by atoms with van der Waals surface area (Å²) in [4.78, 5) is 22.4. The third-order valence-electron chi connectivity index (χ3n) is 3.97. The van der Waals surface area contributed by atoms with Gasteiger partial charge >= 0.3 is 5.97 Å². The van der Waals surface area contributed by atoms with Crippen molar-refractivity contribution in [3.63, 3.8) is 0 Å². The van der Waals surface area contributed by atoms with Crippen LogP contribution < -0.4 is 4.74 Å². The Morgan fingerprint density at radius 1 is 1.04 bits per heavy atom. The maximum atomic E-state index is 11.6. The lowest BCUT2D eigenvalue weighted by molar-refractivity contribution is 0.0696. The first-order valence-corrected chi connectivity index (χ1v) is 8.24. The zero-order chi connectivity index (χ0) is 18.4. The zero-order valence-electron chi connectivity index (χ0n) is 14.4. The summed E-state index contributed by atoms with van der Waals surface area (Å²) in [6.07, 6.45) is 2.05. The van der Waals surface area contributed by atoms with Crippen LogP contribution in [0.4, 0.5) is 0 Å². The number of carbonyl (C=O) groups excluding carboxylic acids is 1. The number of aromatic carboxylic acids is 1. The quantitative estimate of drug-likeness (QED) is 0.712. The van der Waals surface area contributed by atoms with Gasteiger partial charge in [-0.1, -0.05) is 25.5 Å². The largest absolute Gasteiger partial charge is 0.507 e. The SMILES string of the molecule is CCCc1c(OCCc2ccc(C(=O)O)cc2)ccc(C(C)=O)c1O. The molecular formula is C20H22O5. The van der Waals surface area contributed by atoms with Crippen LogP contribution in [0.1, 0.15) is 52.1 Å². The average Bonchev–Trinajstić information content (AvgIpc) is 2.58. The van der Waals surface area contributed by atoms with Crippen molar-refractivity contribution in [2.45, 2.75) is 33.1 Å². The second kappa shape index (κ2) is 8.33. The Bertz CT molecular complexity index is 762. The van der Waals surface area contributed by atoms with E-state index in [1.165, 1.54) is 6.92 Å². The van der Waals surface area contributed by atoms with E-state index in [4.69, 9.17) is 9.84 Å². The van der Waals surface area contributed by atoms with Crippen LogP contribution in [0, 0.1) is 0 Å². The molecular weight excluding hydrogens is 320 g/mol. The molecule has 0 aliphatic carbocycles. The third kappa shape index (κ3) is 4.59. The molecule has 0 radical (unpaired) electrons. The van der Waals surface area contributed by atoms with Crippen molar-refractivity contribution >= 4 is 11.8 Å². The number of phenols is 1. The van der Waals surface area contributed by atoms with Gasteiger partial charge in [0.05, 0.1) is 17.7 Å². The Morgan fingerprint density at radius 3 is 2.28 bits per heavy atom. The van der Waals surface area contributed by atoms with Crippen molar-refractivity contribution in [1.29, 1.82) is 0 Å². The number of phenolic OH excluding ortho intramolecular Hbond substituents is 1. The van der Waals surface area contributed by atoms with Gasteiger partial charge in [0.2, 0.25) is 0 Å². The molecule has 0 aromatic heterocycles. The first kappa shape index (κ1) is 18.5. The van der Waals surface area contributed by atoms with Crippen LogP contribution in [0.3, 0.4) is 0 Å². The second-order valence-electron chi connectivity index (χ2n) is 5.85. The maximum Gasteiger partial charge on any atom is 0.335 e. The van der Waals surface area contributed by atoms with Crippen LogP contribution in [0.25, 0.3) is 0 Å². The van der Waals surface area contributed by atoms with Crippen LogP contribution in [0.5, 0.6) is 11.5 Å². The monoisotopic (exact) mass is 342 g/mol. The predicted octanol–water partition coefficient (Wildman–Crippen LogP) is 3.87. The van der Waals surface area contributed by atoms with E-state index in [0.717, 1.165) is 12.0 Å². The lowest BCUT2D eigenvalue weighted by atomic mass is 10.0. The molecule has 0 aliphatic rings. The molecule has 0 saturated carbocycles. The van der Waals surface area contributed by atoms with Gasteiger partial charge in [0.1, 0.15) is 11.5 Å². The van der Waals surface area contributed by atoms with E-state index in [0.29, 0.717) is 36.3 Å². The number of carboxylic acid groups (broad SMARTS) is 1. The predicted molar refractivity (Wildman–Crippen MR) is 94.7 cm³/mol. The fraction of sp³-hybridized carbons (Fsp3) is 0.300. The highest BCUT2D eigenvalue weighted by Crippen LogP contribution is 2.33. The van der Waals surface area contributed by atoms with Crippen molar-refractivity contribution < 1.29 is 24.5 Å². The summed E-state index contributed by atoms with van der Waals surface area (Å²) in [6, 6.07) is 9.94. The number of carbonyl (C=O) groups is 2. The van der Waals surface area contributed by atoms with Crippen molar-refractivity contribution in [1.82, 2.24) is 0 Å². The number of rotatable bonds is 8. The summed E-state index contributed by atoms with van der Waals surface area (Å²) in [6.45, 7) is 3.81. The van der Waals surface area contributed by atoms with Crippen LogP contribution in [0.2, 0.25) is 0 Å². The lowest BCUT2D eigenvalue weighted by Crippen LogP contribution is -2.06. The van der Waals surface area contributed by atoms with Gasteiger partial charge in [0.25, 0.3) is 0 Å². The molecule has 0 fully saturated rings. The van der Waals surface area contributed by atoms with E-state index in [1.807, 2.05) is 6.92 Å². The standard InChI is InChI=1S/C20H22O5/c1-3-4-17-18(10-9-16(13(2)21)19(17)22)25-12-11-14-5-7-15(8-6-14)20(23)24/h5-10,22H,3-4,11-12H2,1-2H3,(H,23,24). The molecule has 2 N–H and O–H groups in total. The summed E-state index contributed by atoms with van der Waals surface area (Å²) in [7, 11) is 0. The second-order valence-corrected chi connectivity index (χ2v) is 5.85. The molecule has 0 saturated heterocycles. The van der Waals surface area contributed by atoms with E-state index < -0.39 is 5.97 Å². The van der Waals surface area contributed by atoms with E-state index in [9.17, 15) is 14.7 Å². The highest BCUT2D eigenvalue weighted by molar-refractivity contribution is 5.97. The molecule has 2 aromatic carbocycles. The Balaban J connectivity index is 2.08. The molecule has 0 aliphatic heterocycles. The molecule has 0 heterocycles. The van der Waals surface area contributed by atoms with Crippen molar-refractivity contribution in [2.24, 2.45) is 0 Å². The number of carboxylic acids is 1. The molecule has 132 valence electrons. The van der Waals surface area contributed by atoms with Gasteiger partial charge in [0.15, 0.2) is 5.78 Å². The molecule has 5 nitrogen and oxygen atoms in total. The molecule has 2 aromatic rings. The average molecular weight is 342 g/mol. The molecule has 2 rings (SSSR count). The highest BCUT2D eigenvalue weighted by Gasteiger charge is 2.15. The molecule has 0 spiro atoms. The molecule has 0 bridgehead atoms. The Hall–Kier alpha value is -2.82. The molecule has 0 unspecified atom stereocenters. The lowest BCUT2D eigenvalue weighted by Gasteiger charge is -2.14. The number of ketones is 1. The summed E-state index contributed by atoms with van der Waals surface area (Å²) < 4.78 is 5.80. The maximum absolute atomic E-state index is 11.6. The van der Waals surface area contributed by atoms with Crippen LogP contribution in [0.15, 0.2) is 36.4 Å². The number of hydrogen-bond acceptors (Lipinski definition) is 4. The van der Waals surface area contributed by atoms with Gasteiger partial charge in [-0.05, 0) is 43.2 Å². The Kier molecular flexibility index (Phi) is 6.17. The minimum absolute atomic E-state index is 0.00217. The summed E-state index contributed by atoms with van der Waals surface area (Å²) in [5.41, 5.74) is 2.17. The highest BCUT2D eigenvalue weighted by atomic mass is 16.5. The minimum atomic E-state index is -0.951. The van der Waals surface area contributed by atoms with Gasteiger partial charge in [-0.25, -0.2) is 4.79 Å². The summed E-state index contributed by atoms with van der Waals surface area (Å²) in [5, 5.41) is 19.2. The van der Waals surface area contributed by atoms with Crippen LogP contribution in [-0.4, -0.2) is 28.6 Å². The number of benzene rings is 2. The van der Waals surface area contributed by atoms with Gasteiger partial charge in [-0.3, -0.25) is 4.79 Å². The van der Waals surface area contributed by atoms with E-state index in [1.54, 1.807) is 36.4 Å². The molecule has 0 amide bonds. The van der Waals surface area contributed by atoms with E-state index in [-0.39, 0.29) is 17.1 Å². The fourth-order valence-corrected chi connectivity index (χ4v) is 2.62. The summed E-state index contributed by atoms with van der Waals surface area (Å²) >= 11 is 0. The van der Waals surface area contributed by atoms with E-state index >= 15 is 0 Å². The van der Waals surface area contributed by atoms with Gasteiger partial charge < -0.3 is 14.9 Å². The first-order chi connectivity index (χ1) is 11.9. The van der Waals surface area contributed by atoms with Crippen LogP contribution >= 0.6 is 0 Å². The van der Waals surface area contributed by atoms with Gasteiger partial charge in [0, 0.05) is 12.0 Å². The molecule has 0 atom stereocenters.